The third-order valence-corrected chi connectivity index (χ3v) is 4.77. The van der Waals surface area contributed by atoms with E-state index in [1.165, 1.54) is 0 Å². The molecule has 1 fully saturated rings. The lowest BCUT2D eigenvalue weighted by atomic mass is 10.1. The van der Waals surface area contributed by atoms with Gasteiger partial charge < -0.3 is 14.8 Å². The van der Waals surface area contributed by atoms with E-state index in [-0.39, 0.29) is 24.2 Å². The van der Waals surface area contributed by atoms with Gasteiger partial charge in [-0.05, 0) is 18.6 Å². The highest BCUT2D eigenvalue weighted by Gasteiger charge is 2.34. The van der Waals surface area contributed by atoms with Crippen LogP contribution < -0.4 is 5.32 Å². The minimum absolute atomic E-state index is 0.00540. The van der Waals surface area contributed by atoms with Crippen molar-refractivity contribution in [1.29, 1.82) is 0 Å². The Morgan fingerprint density at radius 2 is 2.24 bits per heavy atom. The molecule has 25 heavy (non-hydrogen) atoms. The van der Waals surface area contributed by atoms with Gasteiger partial charge >= 0.3 is 0 Å². The molecule has 0 spiro atoms. The van der Waals surface area contributed by atoms with Gasteiger partial charge in [-0.25, -0.2) is 0 Å². The van der Waals surface area contributed by atoms with Crippen LogP contribution in [0.15, 0.2) is 24.4 Å². The molecule has 2 aliphatic rings. The summed E-state index contributed by atoms with van der Waals surface area (Å²) in [6.07, 6.45) is 3.97. The maximum atomic E-state index is 12.4. The van der Waals surface area contributed by atoms with Crippen molar-refractivity contribution in [2.75, 3.05) is 6.54 Å². The lowest BCUT2D eigenvalue weighted by Crippen LogP contribution is -2.33. The first-order valence-electron chi connectivity index (χ1n) is 8.57. The zero-order valence-electron chi connectivity index (χ0n) is 13.9. The lowest BCUT2D eigenvalue weighted by Gasteiger charge is -2.16. The number of carbonyl (C=O) groups is 2. The number of hydrogen-bond donors (Lipinski definition) is 1. The zero-order chi connectivity index (χ0) is 17.2. The van der Waals surface area contributed by atoms with Crippen LogP contribution in [0.2, 0.25) is 0 Å². The minimum atomic E-state index is -0.322. The van der Waals surface area contributed by atoms with Crippen LogP contribution in [0, 0.1) is 5.92 Å². The van der Waals surface area contributed by atoms with Crippen LogP contribution in [-0.2, 0) is 35.6 Å². The molecule has 2 aromatic heterocycles. The van der Waals surface area contributed by atoms with Crippen LogP contribution >= 0.6 is 0 Å². The predicted octanol–water partition coefficient (Wildman–Crippen LogP) is 0.284. The Morgan fingerprint density at radius 1 is 1.32 bits per heavy atom. The Kier molecular flexibility index (Phi) is 4.17. The van der Waals surface area contributed by atoms with Gasteiger partial charge in [-0.1, -0.05) is 6.07 Å². The molecular weight excluding hydrogens is 320 g/mol. The monoisotopic (exact) mass is 340 g/mol. The fraction of sp³-hybridized carbons (Fsp3) is 0.471. The van der Waals surface area contributed by atoms with Crippen LogP contribution in [0.3, 0.4) is 0 Å². The third-order valence-electron chi connectivity index (χ3n) is 4.77. The number of amides is 2. The maximum Gasteiger partial charge on any atom is 0.225 e. The van der Waals surface area contributed by atoms with Crippen molar-refractivity contribution in [2.45, 2.75) is 38.9 Å². The number of aromatic nitrogens is 4. The Morgan fingerprint density at radius 3 is 3.08 bits per heavy atom. The molecule has 2 aliphatic heterocycles. The molecule has 0 radical (unpaired) electrons. The van der Waals surface area contributed by atoms with Crippen LogP contribution in [0.5, 0.6) is 0 Å². The minimum Gasteiger partial charge on any atom is -0.348 e. The fourth-order valence-corrected chi connectivity index (χ4v) is 3.44. The molecule has 1 N–H and O–H groups in total. The number of nitrogens with zero attached hydrogens (tertiary/aromatic N) is 5. The molecule has 0 aromatic carbocycles. The molecule has 8 heteroatoms. The molecule has 8 nitrogen and oxygen atoms in total. The van der Waals surface area contributed by atoms with Crippen LogP contribution in [0.25, 0.3) is 0 Å². The molecule has 0 saturated carbocycles. The Balaban J connectivity index is 1.33. The molecule has 1 atom stereocenters. The van der Waals surface area contributed by atoms with Gasteiger partial charge in [0.05, 0.1) is 24.7 Å². The van der Waals surface area contributed by atoms with E-state index >= 15 is 0 Å². The highest BCUT2D eigenvalue weighted by Crippen LogP contribution is 2.20. The summed E-state index contributed by atoms with van der Waals surface area (Å²) in [5, 5.41) is 11.2. The van der Waals surface area contributed by atoms with Gasteiger partial charge in [-0.15, -0.1) is 10.2 Å². The lowest BCUT2D eigenvalue weighted by molar-refractivity contribution is -0.129. The molecule has 0 aliphatic carbocycles. The summed E-state index contributed by atoms with van der Waals surface area (Å²) in [7, 11) is 0. The van der Waals surface area contributed by atoms with Gasteiger partial charge in [0.15, 0.2) is 5.82 Å². The van der Waals surface area contributed by atoms with E-state index in [9.17, 15) is 9.59 Å². The normalized spacial score (nSPS) is 19.3. The molecular formula is C17H20N6O2. The summed E-state index contributed by atoms with van der Waals surface area (Å²) in [6, 6.07) is 5.61. The molecule has 0 bridgehead atoms. The van der Waals surface area contributed by atoms with E-state index in [1.807, 2.05) is 18.2 Å². The predicted molar refractivity (Wildman–Crippen MR) is 88.0 cm³/mol. The van der Waals surface area contributed by atoms with Crippen molar-refractivity contribution >= 4 is 11.8 Å². The van der Waals surface area contributed by atoms with E-state index in [4.69, 9.17) is 0 Å². The van der Waals surface area contributed by atoms with E-state index in [0.29, 0.717) is 19.6 Å². The van der Waals surface area contributed by atoms with Gasteiger partial charge in [0.25, 0.3) is 0 Å². The second-order valence-corrected chi connectivity index (χ2v) is 6.50. The first-order chi connectivity index (χ1) is 12.2. The Bertz CT molecular complexity index is 788. The van der Waals surface area contributed by atoms with Crippen LogP contribution in [0.1, 0.15) is 30.2 Å². The molecule has 2 aromatic rings. The number of fused-ring (bicyclic) bond motifs is 1. The second kappa shape index (κ2) is 6.62. The first kappa shape index (κ1) is 15.7. The highest BCUT2D eigenvalue weighted by molar-refractivity contribution is 5.89. The van der Waals surface area contributed by atoms with Gasteiger partial charge in [0.1, 0.15) is 5.82 Å². The summed E-state index contributed by atoms with van der Waals surface area (Å²) in [4.78, 5) is 30.5. The van der Waals surface area contributed by atoms with Crippen molar-refractivity contribution in [1.82, 2.24) is 30.0 Å². The average Bonchev–Trinajstić information content (AvgIpc) is 3.31. The van der Waals surface area contributed by atoms with Crippen LogP contribution in [-0.4, -0.2) is 43.0 Å². The standard InChI is InChI=1S/C17H20N6O2/c24-16-8-12(10-22(16)11-13-4-1-2-6-18-13)17(25)19-9-15-21-20-14-5-3-7-23(14)15/h1-2,4,6,12H,3,5,7-11H2,(H,19,25). The summed E-state index contributed by atoms with van der Waals surface area (Å²) in [6.45, 7) is 2.14. The average molecular weight is 340 g/mol. The quantitative estimate of drug-likeness (QED) is 0.844. The number of hydrogen-bond acceptors (Lipinski definition) is 5. The van der Waals surface area contributed by atoms with E-state index in [0.717, 1.165) is 36.7 Å². The van der Waals surface area contributed by atoms with Crippen molar-refractivity contribution in [2.24, 2.45) is 5.92 Å². The number of carbonyl (C=O) groups excluding carboxylic acids is 2. The smallest absolute Gasteiger partial charge is 0.225 e. The molecule has 1 unspecified atom stereocenters. The van der Waals surface area contributed by atoms with E-state index < -0.39 is 0 Å². The van der Waals surface area contributed by atoms with E-state index in [1.54, 1.807) is 11.1 Å². The summed E-state index contributed by atoms with van der Waals surface area (Å²) >= 11 is 0. The first-order valence-corrected chi connectivity index (χ1v) is 8.57. The van der Waals surface area contributed by atoms with Crippen LogP contribution in [0.4, 0.5) is 0 Å². The topological polar surface area (TPSA) is 93.0 Å². The summed E-state index contributed by atoms with van der Waals surface area (Å²) < 4.78 is 2.06. The van der Waals surface area contributed by atoms with Gasteiger partial charge in [-0.2, -0.15) is 0 Å². The van der Waals surface area contributed by atoms with Crippen molar-refractivity contribution in [3.63, 3.8) is 0 Å². The Hall–Kier alpha value is -2.77. The number of rotatable bonds is 5. The van der Waals surface area contributed by atoms with Crippen molar-refractivity contribution in [3.8, 4) is 0 Å². The molecule has 2 amide bonds. The second-order valence-electron chi connectivity index (χ2n) is 6.50. The van der Waals surface area contributed by atoms with Crippen molar-refractivity contribution in [3.05, 3.63) is 41.7 Å². The summed E-state index contributed by atoms with van der Waals surface area (Å²) in [5.41, 5.74) is 0.830. The molecule has 130 valence electrons. The van der Waals surface area contributed by atoms with Gasteiger partial charge in [0, 0.05) is 32.1 Å². The van der Waals surface area contributed by atoms with Crippen molar-refractivity contribution < 1.29 is 9.59 Å². The fourth-order valence-electron chi connectivity index (χ4n) is 3.44. The molecule has 4 rings (SSSR count). The number of nitrogens with one attached hydrogen (secondary N) is 1. The number of likely N-dealkylation sites (tertiary alicyclic amines) is 1. The number of pyridine rings is 1. The van der Waals surface area contributed by atoms with E-state index in [2.05, 4.69) is 25.1 Å². The van der Waals surface area contributed by atoms with Gasteiger partial charge in [-0.3, -0.25) is 14.6 Å². The largest absolute Gasteiger partial charge is 0.348 e. The molecule has 4 heterocycles. The highest BCUT2D eigenvalue weighted by atomic mass is 16.2. The Labute approximate surface area is 145 Å². The summed E-state index contributed by atoms with van der Waals surface area (Å²) in [5.74, 6) is 1.34. The van der Waals surface area contributed by atoms with Gasteiger partial charge in [0.2, 0.25) is 11.8 Å². The third kappa shape index (κ3) is 3.24. The maximum absolute atomic E-state index is 12.4. The SMILES string of the molecule is O=C(NCc1nnc2n1CCC2)C1CC(=O)N(Cc2ccccn2)C1. The zero-order valence-corrected chi connectivity index (χ0v) is 13.9. The molecule has 1 saturated heterocycles. The number of aryl methyl sites for hydroxylation is 1.